The number of halogens is 1. The van der Waals surface area contributed by atoms with Crippen LogP contribution in [0.4, 0.5) is 0 Å². The molecule has 2 rings (SSSR count). The van der Waals surface area contributed by atoms with Gasteiger partial charge >= 0.3 is 0 Å². The molecule has 70 valence electrons. The van der Waals surface area contributed by atoms with Crippen molar-refractivity contribution in [2.45, 2.75) is 55.9 Å². The first-order valence-corrected chi connectivity index (χ1v) is 6.07. The van der Waals surface area contributed by atoms with E-state index >= 15 is 0 Å². The number of hydrogen-bond acceptors (Lipinski definition) is 1. The van der Waals surface area contributed by atoms with Crippen LogP contribution in [0.5, 0.6) is 0 Å². The van der Waals surface area contributed by atoms with Gasteiger partial charge in [0.25, 0.3) is 0 Å². The third-order valence-corrected chi connectivity index (χ3v) is 4.22. The lowest BCUT2D eigenvalue weighted by Gasteiger charge is -2.41. The molecule has 1 aliphatic carbocycles. The van der Waals surface area contributed by atoms with Crippen LogP contribution in [0.25, 0.3) is 0 Å². The fourth-order valence-corrected chi connectivity index (χ4v) is 3.40. The van der Waals surface area contributed by atoms with E-state index in [1.807, 2.05) is 0 Å². The van der Waals surface area contributed by atoms with Crippen LogP contribution in [-0.2, 0) is 0 Å². The number of piperidine rings is 1. The Bertz CT molecular complexity index is 142. The van der Waals surface area contributed by atoms with Gasteiger partial charge in [-0.15, -0.1) is 0 Å². The highest BCUT2D eigenvalue weighted by molar-refractivity contribution is 9.09. The van der Waals surface area contributed by atoms with Gasteiger partial charge in [0.1, 0.15) is 0 Å². The quantitative estimate of drug-likeness (QED) is 0.633. The van der Waals surface area contributed by atoms with Gasteiger partial charge in [-0.05, 0) is 44.9 Å². The van der Waals surface area contributed by atoms with Crippen LogP contribution in [0.15, 0.2) is 0 Å². The molecule has 1 saturated carbocycles. The highest BCUT2D eigenvalue weighted by atomic mass is 79.9. The van der Waals surface area contributed by atoms with E-state index in [0.717, 1.165) is 22.8 Å². The smallest absolute Gasteiger partial charge is 0.0149 e. The first-order chi connectivity index (χ1) is 5.75. The molecule has 1 N–H and O–H groups in total. The summed E-state index contributed by atoms with van der Waals surface area (Å²) in [4.78, 5) is 0.800. The number of fused-ring (bicyclic) bond motifs is 1. The van der Waals surface area contributed by atoms with E-state index in [-0.39, 0.29) is 0 Å². The zero-order valence-corrected chi connectivity index (χ0v) is 9.31. The van der Waals surface area contributed by atoms with Crippen molar-refractivity contribution in [3.8, 4) is 0 Å². The summed E-state index contributed by atoms with van der Waals surface area (Å²) in [5, 5.41) is 3.72. The second-order valence-electron chi connectivity index (χ2n) is 4.42. The molecule has 0 aromatic rings. The van der Waals surface area contributed by atoms with Crippen molar-refractivity contribution in [2.24, 2.45) is 5.92 Å². The SMILES string of the molecule is C[C@H]1CC[C@H]2CC(Br)CCC2N1. The molecule has 2 unspecified atom stereocenters. The highest BCUT2D eigenvalue weighted by Gasteiger charge is 2.32. The molecule has 1 aliphatic heterocycles. The molecule has 0 spiro atoms. The predicted molar refractivity (Wildman–Crippen MR) is 55.7 cm³/mol. The van der Waals surface area contributed by atoms with Crippen molar-refractivity contribution in [3.05, 3.63) is 0 Å². The van der Waals surface area contributed by atoms with Crippen molar-refractivity contribution < 1.29 is 0 Å². The number of hydrogen-bond donors (Lipinski definition) is 1. The van der Waals surface area contributed by atoms with Gasteiger partial charge in [-0.25, -0.2) is 0 Å². The van der Waals surface area contributed by atoms with Crippen molar-refractivity contribution in [1.29, 1.82) is 0 Å². The average Bonchev–Trinajstić information content (AvgIpc) is 2.05. The van der Waals surface area contributed by atoms with E-state index in [0.29, 0.717) is 0 Å². The lowest BCUT2D eigenvalue weighted by atomic mass is 9.78. The standard InChI is InChI=1S/C10H18BrN/c1-7-2-3-8-6-9(11)4-5-10(8)12-7/h7-10,12H,2-6H2,1H3/t7-,8-,9?,10?/m0/s1. The maximum absolute atomic E-state index is 3.74. The second-order valence-corrected chi connectivity index (χ2v) is 5.72. The van der Waals surface area contributed by atoms with Crippen molar-refractivity contribution in [3.63, 3.8) is 0 Å². The molecule has 0 bridgehead atoms. The van der Waals surface area contributed by atoms with Gasteiger partial charge in [0.15, 0.2) is 0 Å². The first kappa shape index (κ1) is 9.01. The number of rotatable bonds is 0. The molecule has 0 aromatic carbocycles. The Balaban J connectivity index is 1.94. The zero-order chi connectivity index (χ0) is 8.55. The topological polar surface area (TPSA) is 12.0 Å². The third kappa shape index (κ3) is 1.85. The van der Waals surface area contributed by atoms with E-state index in [1.54, 1.807) is 0 Å². The Hall–Kier alpha value is 0.440. The van der Waals surface area contributed by atoms with E-state index in [4.69, 9.17) is 0 Å². The molecule has 2 fully saturated rings. The van der Waals surface area contributed by atoms with Gasteiger partial charge in [-0.2, -0.15) is 0 Å². The maximum atomic E-state index is 3.74. The molecule has 4 atom stereocenters. The number of nitrogens with one attached hydrogen (secondary N) is 1. The summed E-state index contributed by atoms with van der Waals surface area (Å²) in [7, 11) is 0. The third-order valence-electron chi connectivity index (χ3n) is 3.39. The molecule has 1 nitrogen and oxygen atoms in total. The fourth-order valence-electron chi connectivity index (χ4n) is 2.66. The van der Waals surface area contributed by atoms with Crippen LogP contribution in [0.2, 0.25) is 0 Å². The van der Waals surface area contributed by atoms with Crippen molar-refractivity contribution in [2.75, 3.05) is 0 Å². The largest absolute Gasteiger partial charge is 0.311 e. The lowest BCUT2D eigenvalue weighted by Crippen LogP contribution is -2.49. The van der Waals surface area contributed by atoms with E-state index in [2.05, 4.69) is 28.2 Å². The summed E-state index contributed by atoms with van der Waals surface area (Å²) < 4.78 is 0. The van der Waals surface area contributed by atoms with E-state index < -0.39 is 0 Å². The molecular formula is C10H18BrN. The molecular weight excluding hydrogens is 214 g/mol. The zero-order valence-electron chi connectivity index (χ0n) is 7.72. The van der Waals surface area contributed by atoms with Crippen LogP contribution in [-0.4, -0.2) is 16.9 Å². The fraction of sp³-hybridized carbons (Fsp3) is 1.00. The second kappa shape index (κ2) is 3.67. The Morgan fingerprint density at radius 3 is 2.83 bits per heavy atom. The molecule has 0 radical (unpaired) electrons. The van der Waals surface area contributed by atoms with Gasteiger partial charge < -0.3 is 5.32 Å². The summed E-state index contributed by atoms with van der Waals surface area (Å²) in [6, 6.07) is 1.60. The lowest BCUT2D eigenvalue weighted by molar-refractivity contribution is 0.187. The Kier molecular flexibility index (Phi) is 2.75. The van der Waals surface area contributed by atoms with Gasteiger partial charge in [0.2, 0.25) is 0 Å². The van der Waals surface area contributed by atoms with Gasteiger partial charge in [-0.3, -0.25) is 0 Å². The minimum Gasteiger partial charge on any atom is -0.311 e. The average molecular weight is 232 g/mol. The van der Waals surface area contributed by atoms with Crippen LogP contribution >= 0.6 is 15.9 Å². The normalized spacial score (nSPS) is 48.5. The van der Waals surface area contributed by atoms with E-state index in [1.165, 1.54) is 32.1 Å². The summed E-state index contributed by atoms with van der Waals surface area (Å²) in [6.45, 7) is 2.32. The highest BCUT2D eigenvalue weighted by Crippen LogP contribution is 2.35. The molecule has 12 heavy (non-hydrogen) atoms. The molecule has 2 aliphatic rings. The molecule has 2 heteroatoms. The van der Waals surface area contributed by atoms with Crippen LogP contribution in [0, 0.1) is 5.92 Å². The van der Waals surface area contributed by atoms with Crippen LogP contribution in [0.3, 0.4) is 0 Å². The molecule has 1 heterocycles. The van der Waals surface area contributed by atoms with Gasteiger partial charge in [0, 0.05) is 16.9 Å². The summed E-state index contributed by atoms with van der Waals surface area (Å²) in [6.07, 6.45) is 6.96. The summed E-state index contributed by atoms with van der Waals surface area (Å²) in [5.41, 5.74) is 0. The van der Waals surface area contributed by atoms with E-state index in [9.17, 15) is 0 Å². The summed E-state index contributed by atoms with van der Waals surface area (Å²) in [5.74, 6) is 0.958. The minimum atomic E-state index is 0.762. The van der Waals surface area contributed by atoms with Crippen molar-refractivity contribution in [1.82, 2.24) is 5.32 Å². The Morgan fingerprint density at radius 1 is 1.17 bits per heavy atom. The van der Waals surface area contributed by atoms with Gasteiger partial charge in [0.05, 0.1) is 0 Å². The molecule has 0 amide bonds. The maximum Gasteiger partial charge on any atom is 0.0149 e. The Labute approximate surface area is 83.4 Å². The van der Waals surface area contributed by atoms with Crippen LogP contribution < -0.4 is 5.32 Å². The number of alkyl halides is 1. The minimum absolute atomic E-state index is 0.762. The van der Waals surface area contributed by atoms with Crippen LogP contribution in [0.1, 0.15) is 39.0 Å². The Morgan fingerprint density at radius 2 is 2.00 bits per heavy atom. The van der Waals surface area contributed by atoms with Gasteiger partial charge in [-0.1, -0.05) is 15.9 Å². The molecule has 0 aromatic heterocycles. The predicted octanol–water partition coefficient (Wildman–Crippen LogP) is 2.69. The monoisotopic (exact) mass is 231 g/mol. The van der Waals surface area contributed by atoms with Crippen molar-refractivity contribution >= 4 is 15.9 Å². The summed E-state index contributed by atoms with van der Waals surface area (Å²) >= 11 is 3.74. The molecule has 1 saturated heterocycles. The first-order valence-electron chi connectivity index (χ1n) is 5.16.